The third-order valence-electron chi connectivity index (χ3n) is 2.30. The average Bonchev–Trinajstić information content (AvgIpc) is 2.88. The first-order valence-electron chi connectivity index (χ1n) is 5.93. The number of imide groups is 1. The van der Waals surface area contributed by atoms with E-state index >= 15 is 0 Å². The Morgan fingerprint density at radius 2 is 2.15 bits per heavy atom. The van der Waals surface area contributed by atoms with E-state index in [-0.39, 0.29) is 0 Å². The maximum Gasteiger partial charge on any atom is 0.329 e. The van der Waals surface area contributed by atoms with E-state index in [4.69, 9.17) is 5.11 Å². The van der Waals surface area contributed by atoms with Gasteiger partial charge in [0.15, 0.2) is 0 Å². The summed E-state index contributed by atoms with van der Waals surface area (Å²) in [4.78, 5) is 35.9. The van der Waals surface area contributed by atoms with Crippen molar-refractivity contribution < 1.29 is 24.2 Å². The van der Waals surface area contributed by atoms with E-state index in [9.17, 15) is 14.4 Å². The molecule has 0 atom stereocenters. The zero-order valence-electron chi connectivity index (χ0n) is 11.0. The summed E-state index contributed by atoms with van der Waals surface area (Å²) in [6, 6.07) is 3.26. The number of thiophene rings is 1. The Balaban J connectivity index is 2.38. The van der Waals surface area contributed by atoms with E-state index < -0.39 is 31.1 Å². The molecule has 0 aliphatic heterocycles. The van der Waals surface area contributed by atoms with Crippen molar-refractivity contribution in [2.45, 2.75) is 13.5 Å². The lowest BCUT2D eigenvalue weighted by atomic mass is 10.4. The van der Waals surface area contributed by atoms with Gasteiger partial charge < -0.3 is 14.7 Å². The molecule has 1 aromatic rings. The zero-order chi connectivity index (χ0) is 15.0. The number of carbonyl (C=O) groups excluding carboxylic acids is 2. The highest BCUT2D eigenvalue weighted by atomic mass is 32.1. The van der Waals surface area contributed by atoms with Gasteiger partial charge in [-0.3, -0.25) is 10.1 Å². The molecule has 8 heteroatoms. The number of urea groups is 1. The maximum absolute atomic E-state index is 11.8. The lowest BCUT2D eigenvalue weighted by Gasteiger charge is -2.20. The van der Waals surface area contributed by atoms with Gasteiger partial charge in [0.1, 0.15) is 13.2 Å². The van der Waals surface area contributed by atoms with Gasteiger partial charge in [0.05, 0.1) is 6.54 Å². The van der Waals surface area contributed by atoms with Crippen LogP contribution in [0.2, 0.25) is 0 Å². The second-order valence-electron chi connectivity index (χ2n) is 3.83. The van der Waals surface area contributed by atoms with Crippen LogP contribution in [0.15, 0.2) is 17.5 Å². The molecule has 3 amide bonds. The Morgan fingerprint density at radius 1 is 1.40 bits per heavy atom. The van der Waals surface area contributed by atoms with Crippen LogP contribution in [0.5, 0.6) is 0 Å². The monoisotopic (exact) mass is 300 g/mol. The van der Waals surface area contributed by atoms with Gasteiger partial charge in [0.25, 0.3) is 5.91 Å². The first-order valence-corrected chi connectivity index (χ1v) is 6.81. The van der Waals surface area contributed by atoms with Crippen molar-refractivity contribution in [3.63, 3.8) is 0 Å². The molecule has 0 fully saturated rings. The van der Waals surface area contributed by atoms with Gasteiger partial charge in [0, 0.05) is 11.4 Å². The molecule has 0 aliphatic carbocycles. The molecule has 0 aromatic carbocycles. The molecule has 0 aliphatic rings. The van der Waals surface area contributed by atoms with Crippen molar-refractivity contribution in [3.05, 3.63) is 22.4 Å². The summed E-state index contributed by atoms with van der Waals surface area (Å²) in [7, 11) is 0. The van der Waals surface area contributed by atoms with Gasteiger partial charge in [-0.15, -0.1) is 11.3 Å². The zero-order valence-corrected chi connectivity index (χ0v) is 11.8. The molecule has 0 bridgehead atoms. The normalized spacial score (nSPS) is 10.1. The summed E-state index contributed by atoms with van der Waals surface area (Å²) < 4.78 is 4.60. The lowest BCUT2D eigenvalue weighted by Crippen LogP contribution is -2.43. The number of hydrogen-bond donors (Lipinski definition) is 2. The fourth-order valence-corrected chi connectivity index (χ4v) is 2.10. The number of hydrogen-bond acceptors (Lipinski definition) is 5. The first-order chi connectivity index (χ1) is 9.52. The Labute approximate surface area is 120 Å². The van der Waals surface area contributed by atoms with Gasteiger partial charge in [-0.2, -0.15) is 0 Å². The third kappa shape index (κ3) is 5.81. The molecule has 20 heavy (non-hydrogen) atoms. The van der Waals surface area contributed by atoms with Crippen LogP contribution >= 0.6 is 11.3 Å². The van der Waals surface area contributed by atoms with Crippen LogP contribution in [0, 0.1) is 0 Å². The average molecular weight is 300 g/mol. The quantitative estimate of drug-likeness (QED) is 0.780. The Bertz CT molecular complexity index is 460. The highest BCUT2D eigenvalue weighted by Gasteiger charge is 2.15. The number of nitrogens with one attached hydrogen (secondary N) is 1. The van der Waals surface area contributed by atoms with Gasteiger partial charge >= 0.3 is 12.0 Å². The number of amides is 3. The van der Waals surface area contributed by atoms with Gasteiger partial charge in [-0.05, 0) is 18.4 Å². The Morgan fingerprint density at radius 3 is 2.70 bits per heavy atom. The number of carboxylic acids is 1. The minimum Gasteiger partial charge on any atom is -0.480 e. The van der Waals surface area contributed by atoms with Crippen molar-refractivity contribution in [1.29, 1.82) is 0 Å². The van der Waals surface area contributed by atoms with Crippen LogP contribution in [-0.2, 0) is 20.9 Å². The van der Waals surface area contributed by atoms with E-state index in [0.29, 0.717) is 13.1 Å². The molecule has 2 N–H and O–H groups in total. The van der Waals surface area contributed by atoms with Crippen molar-refractivity contribution in [2.75, 3.05) is 19.8 Å². The summed E-state index contributed by atoms with van der Waals surface area (Å²) in [5, 5.41) is 12.4. The van der Waals surface area contributed by atoms with E-state index in [0.717, 1.165) is 4.88 Å². The van der Waals surface area contributed by atoms with Crippen molar-refractivity contribution in [3.8, 4) is 0 Å². The molecular weight excluding hydrogens is 284 g/mol. The predicted octanol–water partition coefficient (Wildman–Crippen LogP) is 0.907. The molecule has 0 unspecified atom stereocenters. The fourth-order valence-electron chi connectivity index (χ4n) is 1.38. The van der Waals surface area contributed by atoms with Crippen molar-refractivity contribution >= 4 is 29.2 Å². The second kappa shape index (κ2) is 8.28. The van der Waals surface area contributed by atoms with E-state index in [1.165, 1.54) is 16.2 Å². The minimum absolute atomic E-state index is 0.420. The molecule has 1 rings (SSSR count). The van der Waals surface area contributed by atoms with Crippen LogP contribution in [-0.4, -0.2) is 47.7 Å². The van der Waals surface area contributed by atoms with Gasteiger partial charge in [-0.25, -0.2) is 9.59 Å². The predicted molar refractivity (Wildman–Crippen MR) is 72.4 cm³/mol. The van der Waals surface area contributed by atoms with Crippen molar-refractivity contribution in [1.82, 2.24) is 10.2 Å². The smallest absolute Gasteiger partial charge is 0.329 e. The maximum atomic E-state index is 11.8. The standard InChI is InChI=1S/C12H16N2O5S/c1-2-14(6-9-4-3-5-20-9)12(18)13-10(15)7-19-8-11(16)17/h3-5H,2,6-8H2,1H3,(H,16,17)(H,13,15,18). The first kappa shape index (κ1) is 16.1. The molecule has 0 radical (unpaired) electrons. The van der Waals surface area contributed by atoms with E-state index in [1.807, 2.05) is 17.5 Å². The SMILES string of the molecule is CCN(Cc1cccs1)C(=O)NC(=O)COCC(=O)O. The molecule has 1 heterocycles. The molecule has 0 spiro atoms. The third-order valence-corrected chi connectivity index (χ3v) is 3.16. The number of carbonyl (C=O) groups is 3. The number of rotatable bonds is 7. The van der Waals surface area contributed by atoms with Crippen LogP contribution in [0.4, 0.5) is 4.79 Å². The Hall–Kier alpha value is -1.93. The summed E-state index contributed by atoms with van der Waals surface area (Å²) in [5.41, 5.74) is 0. The van der Waals surface area contributed by atoms with Crippen LogP contribution in [0.3, 0.4) is 0 Å². The van der Waals surface area contributed by atoms with Crippen LogP contribution in [0.25, 0.3) is 0 Å². The van der Waals surface area contributed by atoms with Crippen molar-refractivity contribution in [2.24, 2.45) is 0 Å². The molecule has 1 aromatic heterocycles. The Kier molecular flexibility index (Phi) is 6.68. The summed E-state index contributed by atoms with van der Waals surface area (Å²) >= 11 is 1.52. The minimum atomic E-state index is -1.17. The van der Waals surface area contributed by atoms with Gasteiger partial charge in [-0.1, -0.05) is 6.07 Å². The molecule has 110 valence electrons. The van der Waals surface area contributed by atoms with E-state index in [1.54, 1.807) is 6.92 Å². The van der Waals surface area contributed by atoms with E-state index in [2.05, 4.69) is 10.1 Å². The number of ether oxygens (including phenoxy) is 1. The second-order valence-corrected chi connectivity index (χ2v) is 4.87. The topological polar surface area (TPSA) is 95.9 Å². The largest absolute Gasteiger partial charge is 0.480 e. The highest BCUT2D eigenvalue weighted by Crippen LogP contribution is 2.11. The summed E-state index contributed by atoms with van der Waals surface area (Å²) in [5.74, 6) is -1.84. The fraction of sp³-hybridized carbons (Fsp3) is 0.417. The lowest BCUT2D eigenvalue weighted by molar-refractivity contribution is -0.143. The summed E-state index contributed by atoms with van der Waals surface area (Å²) in [6.07, 6.45) is 0. The number of aliphatic carboxylic acids is 1. The summed E-state index contributed by atoms with van der Waals surface area (Å²) in [6.45, 7) is 1.64. The molecule has 0 saturated carbocycles. The molecule has 0 saturated heterocycles. The van der Waals surface area contributed by atoms with Crippen LogP contribution in [0.1, 0.15) is 11.8 Å². The van der Waals surface area contributed by atoms with Gasteiger partial charge in [0.2, 0.25) is 0 Å². The van der Waals surface area contributed by atoms with Crippen LogP contribution < -0.4 is 5.32 Å². The number of nitrogens with zero attached hydrogens (tertiary/aromatic N) is 1. The molecule has 7 nitrogen and oxygen atoms in total. The number of carboxylic acid groups (broad SMARTS) is 1. The highest BCUT2D eigenvalue weighted by molar-refractivity contribution is 7.09. The molecular formula is C12H16N2O5S.